The molecule has 14 heavy (non-hydrogen) atoms. The van der Waals surface area contributed by atoms with Crippen molar-refractivity contribution in [3.63, 3.8) is 0 Å². The van der Waals surface area contributed by atoms with Crippen LogP contribution in [0.5, 0.6) is 0 Å². The average molecular weight is 323 g/mol. The van der Waals surface area contributed by atoms with Gasteiger partial charge in [0, 0.05) is 10.5 Å². The van der Waals surface area contributed by atoms with Crippen molar-refractivity contribution >= 4 is 43.2 Å². The molecule has 0 amide bonds. The summed E-state index contributed by atoms with van der Waals surface area (Å²) in [7, 11) is 0. The number of nitro groups is 1. The van der Waals surface area contributed by atoms with E-state index < -0.39 is 4.92 Å². The molecule has 1 rings (SSSR count). The van der Waals surface area contributed by atoms with Crippen molar-refractivity contribution in [2.75, 3.05) is 5.43 Å². The maximum Gasteiger partial charge on any atom is 0.308 e. The van der Waals surface area contributed by atoms with Crippen molar-refractivity contribution in [2.24, 2.45) is 0 Å². The average Bonchev–Trinajstić information content (AvgIpc) is 2.09. The maximum atomic E-state index is 10.6. The minimum atomic E-state index is -0.580. The summed E-state index contributed by atoms with van der Waals surface area (Å²) in [6.07, 6.45) is 0. The molecule has 0 atom stereocenters. The first-order valence-corrected chi connectivity index (χ1v) is 4.88. The van der Waals surface area contributed by atoms with E-state index in [2.05, 4.69) is 42.4 Å². The molecule has 1 N–H and O–H groups in total. The van der Waals surface area contributed by atoms with E-state index in [0.717, 1.165) is 0 Å². The van der Waals surface area contributed by atoms with Crippen LogP contribution in [0.15, 0.2) is 21.1 Å². The minimum absolute atomic E-state index is 0.0979. The molecule has 0 aliphatic heterocycles. The van der Waals surface area contributed by atoms with E-state index >= 15 is 0 Å². The molecule has 8 heteroatoms. The van der Waals surface area contributed by atoms with E-state index in [1.54, 1.807) is 6.07 Å². The van der Waals surface area contributed by atoms with Gasteiger partial charge in [0.25, 0.3) is 5.39 Å². The molecule has 0 fully saturated rings. The third-order valence-corrected chi connectivity index (χ3v) is 2.48. The molecule has 1 aromatic carbocycles. The third-order valence-electron chi connectivity index (χ3n) is 1.39. The Labute approximate surface area is 95.3 Å². The van der Waals surface area contributed by atoms with Crippen LogP contribution in [0.3, 0.4) is 0 Å². The van der Waals surface area contributed by atoms with Gasteiger partial charge in [-0.2, -0.15) is 0 Å². The van der Waals surface area contributed by atoms with Gasteiger partial charge >= 0.3 is 10.8 Å². The predicted octanol–water partition coefficient (Wildman–Crippen LogP) is 3.30. The van der Waals surface area contributed by atoms with Gasteiger partial charge in [-0.1, -0.05) is 15.9 Å². The lowest BCUT2D eigenvalue weighted by molar-refractivity contribution is -0.384. The van der Waals surface area contributed by atoms with Crippen LogP contribution >= 0.6 is 31.9 Å². The Bertz CT molecular complexity index is 429. The summed E-state index contributed by atoms with van der Waals surface area (Å²) in [5.74, 6) is 0. The summed E-state index contributed by atoms with van der Waals surface area (Å²) < 4.78 is 0.982. The van der Waals surface area contributed by atoms with Crippen LogP contribution < -0.4 is 5.43 Å². The number of benzene rings is 1. The van der Waals surface area contributed by atoms with Gasteiger partial charge in [-0.05, 0) is 27.4 Å². The number of rotatable bonds is 2. The number of anilines is 1. The molecule has 0 saturated carbocycles. The summed E-state index contributed by atoms with van der Waals surface area (Å²) in [5.41, 5.74) is 2.03. The second-order valence-electron chi connectivity index (χ2n) is 2.25. The van der Waals surface area contributed by atoms with Crippen molar-refractivity contribution in [3.05, 3.63) is 36.3 Å². The Morgan fingerprint density at radius 2 is 2.14 bits per heavy atom. The molecule has 1 aromatic rings. The molecule has 0 radical (unpaired) electrons. The molecular weight excluding hydrogens is 320 g/mol. The van der Waals surface area contributed by atoms with E-state index in [4.69, 9.17) is 5.39 Å². The van der Waals surface area contributed by atoms with Crippen LogP contribution in [0.2, 0.25) is 0 Å². The molecular formula is C6H3Br2N4O2+. The first-order chi connectivity index (χ1) is 6.56. The molecule has 72 valence electrons. The Kier molecular flexibility index (Phi) is 3.38. The summed E-state index contributed by atoms with van der Waals surface area (Å²) in [6, 6.07) is 2.90. The van der Waals surface area contributed by atoms with E-state index in [1.165, 1.54) is 6.07 Å². The van der Waals surface area contributed by atoms with E-state index in [-0.39, 0.29) is 11.4 Å². The largest absolute Gasteiger partial charge is 0.308 e. The van der Waals surface area contributed by atoms with E-state index in [9.17, 15) is 10.1 Å². The van der Waals surface area contributed by atoms with Crippen LogP contribution in [-0.4, -0.2) is 4.92 Å². The van der Waals surface area contributed by atoms with Gasteiger partial charge in [0.15, 0.2) is 0 Å². The lowest BCUT2D eigenvalue weighted by Crippen LogP contribution is -1.95. The SMILES string of the molecule is N#[N+]Nc1c(Br)cc(Br)cc1[N+](=O)[O-]. The lowest BCUT2D eigenvalue weighted by Gasteiger charge is -1.98. The van der Waals surface area contributed by atoms with Crippen LogP contribution in [0.4, 0.5) is 11.4 Å². The van der Waals surface area contributed by atoms with Crippen LogP contribution in [0.1, 0.15) is 0 Å². The fourth-order valence-corrected chi connectivity index (χ4v) is 2.16. The second kappa shape index (κ2) is 4.34. The summed E-state index contributed by atoms with van der Waals surface area (Å²) in [4.78, 5) is 10.0. The lowest BCUT2D eigenvalue weighted by atomic mass is 10.3. The fourth-order valence-electron chi connectivity index (χ4n) is 0.865. The maximum absolute atomic E-state index is 10.6. The van der Waals surface area contributed by atoms with Gasteiger partial charge in [0.2, 0.25) is 5.69 Å². The van der Waals surface area contributed by atoms with E-state index in [1.807, 2.05) is 0 Å². The molecule has 0 spiro atoms. The molecule has 0 bridgehead atoms. The zero-order valence-corrected chi connectivity index (χ0v) is 9.74. The van der Waals surface area contributed by atoms with E-state index in [0.29, 0.717) is 8.95 Å². The van der Waals surface area contributed by atoms with Gasteiger partial charge in [-0.15, -0.1) is 0 Å². The highest BCUT2D eigenvalue weighted by Gasteiger charge is 2.21. The highest BCUT2D eigenvalue weighted by atomic mass is 79.9. The molecule has 0 aliphatic rings. The van der Waals surface area contributed by atoms with Crippen LogP contribution in [0, 0.1) is 15.5 Å². The Balaban J connectivity index is 3.38. The van der Waals surface area contributed by atoms with Gasteiger partial charge in [0.1, 0.15) is 0 Å². The molecule has 0 aliphatic carbocycles. The van der Waals surface area contributed by atoms with Crippen molar-refractivity contribution in [1.29, 1.82) is 5.39 Å². The Morgan fingerprint density at radius 3 is 2.64 bits per heavy atom. The summed E-state index contributed by atoms with van der Waals surface area (Å²) >= 11 is 6.21. The van der Waals surface area contributed by atoms with Crippen LogP contribution in [0.25, 0.3) is 5.08 Å². The smallest absolute Gasteiger partial charge is 0.258 e. The zero-order valence-electron chi connectivity index (χ0n) is 6.57. The van der Waals surface area contributed by atoms with Crippen molar-refractivity contribution < 1.29 is 4.92 Å². The van der Waals surface area contributed by atoms with Crippen molar-refractivity contribution in [1.82, 2.24) is 0 Å². The van der Waals surface area contributed by atoms with Gasteiger partial charge in [-0.25, -0.2) is 0 Å². The molecule has 0 aromatic heterocycles. The number of nitro benzene ring substituents is 1. The highest BCUT2D eigenvalue weighted by Crippen LogP contribution is 2.35. The summed E-state index contributed by atoms with van der Waals surface area (Å²) in [5, 5.41) is 21.5. The van der Waals surface area contributed by atoms with Crippen molar-refractivity contribution in [2.45, 2.75) is 0 Å². The van der Waals surface area contributed by atoms with Gasteiger partial charge in [-0.3, -0.25) is 10.1 Å². The van der Waals surface area contributed by atoms with Crippen molar-refractivity contribution in [3.8, 4) is 0 Å². The molecule has 0 saturated heterocycles. The monoisotopic (exact) mass is 321 g/mol. The molecule has 6 nitrogen and oxygen atoms in total. The number of nitrogens with one attached hydrogen (secondary N) is 1. The zero-order chi connectivity index (χ0) is 10.7. The Morgan fingerprint density at radius 1 is 1.50 bits per heavy atom. The number of hydrogen-bond donors (Lipinski definition) is 1. The first-order valence-electron chi connectivity index (χ1n) is 3.30. The van der Waals surface area contributed by atoms with Gasteiger partial charge < -0.3 is 0 Å². The quantitative estimate of drug-likeness (QED) is 0.514. The highest BCUT2D eigenvalue weighted by molar-refractivity contribution is 9.11. The number of diazo groups is 1. The number of nitrogens with zero attached hydrogens (tertiary/aromatic N) is 3. The van der Waals surface area contributed by atoms with Gasteiger partial charge in [0.05, 0.1) is 9.40 Å². The topological polar surface area (TPSA) is 83.3 Å². The predicted molar refractivity (Wildman–Crippen MR) is 57.2 cm³/mol. The number of hydrogen-bond acceptors (Lipinski definition) is 4. The standard InChI is InChI=1S/C6H3Br2N4O2/c7-3-1-4(8)6(10-11-9)5(2-3)12(13)14/h1-2,10H/q+1. The molecule has 0 unspecified atom stereocenters. The first kappa shape index (κ1) is 10.9. The molecule has 0 heterocycles. The Hall–Kier alpha value is -1.20. The third kappa shape index (κ3) is 2.18. The minimum Gasteiger partial charge on any atom is -0.258 e. The fraction of sp³-hybridized carbons (Fsp3) is 0. The number of halogens is 2. The van der Waals surface area contributed by atoms with Crippen LogP contribution in [-0.2, 0) is 0 Å². The normalized spacial score (nSPS) is 9.21. The second-order valence-corrected chi connectivity index (χ2v) is 4.02. The summed E-state index contributed by atoms with van der Waals surface area (Å²) in [6.45, 7) is 0.